The Morgan fingerprint density at radius 1 is 1.19 bits per heavy atom. The minimum absolute atomic E-state index is 0.176. The van der Waals surface area contributed by atoms with Crippen LogP contribution >= 0.6 is 0 Å². The second kappa shape index (κ2) is 6.87. The number of rotatable bonds is 4. The van der Waals surface area contributed by atoms with Gasteiger partial charge in [0.2, 0.25) is 0 Å². The number of pyridine rings is 2. The van der Waals surface area contributed by atoms with Crippen LogP contribution in [-0.4, -0.2) is 35.6 Å². The van der Waals surface area contributed by atoms with Crippen LogP contribution in [0.2, 0.25) is 0 Å². The Balaban J connectivity index is 1.50. The van der Waals surface area contributed by atoms with Crippen molar-refractivity contribution in [1.82, 2.24) is 15.3 Å². The van der Waals surface area contributed by atoms with E-state index >= 15 is 0 Å². The monoisotopic (exact) mass is 351 g/mol. The van der Waals surface area contributed by atoms with E-state index in [1.807, 2.05) is 12.1 Å². The molecule has 1 amide bonds. The third-order valence-electron chi connectivity index (χ3n) is 4.19. The fourth-order valence-corrected chi connectivity index (χ4v) is 2.88. The Morgan fingerprint density at radius 3 is 2.77 bits per heavy atom. The summed E-state index contributed by atoms with van der Waals surface area (Å²) in [6.45, 7) is 1.36. The fraction of sp³-hybridized carbons (Fsp3) is 0.211. The number of carbonyl (C=O) groups is 1. The number of nitrogens with zero attached hydrogens (tertiary/aromatic N) is 1. The Morgan fingerprint density at radius 2 is 2.00 bits per heavy atom. The first kappa shape index (κ1) is 16.1. The van der Waals surface area contributed by atoms with Gasteiger partial charge >= 0.3 is 0 Å². The van der Waals surface area contributed by atoms with E-state index < -0.39 is 0 Å². The molecule has 4 rings (SSSR count). The number of fused-ring (bicyclic) bond motifs is 2. The molecule has 0 spiro atoms. The van der Waals surface area contributed by atoms with Crippen molar-refractivity contribution in [3.8, 4) is 11.5 Å². The lowest BCUT2D eigenvalue weighted by molar-refractivity contribution is 0.0953. The van der Waals surface area contributed by atoms with Gasteiger partial charge in [0, 0.05) is 36.0 Å². The lowest BCUT2D eigenvalue weighted by Crippen LogP contribution is -2.27. The van der Waals surface area contributed by atoms with E-state index in [9.17, 15) is 9.59 Å². The van der Waals surface area contributed by atoms with Gasteiger partial charge in [0.15, 0.2) is 11.5 Å². The van der Waals surface area contributed by atoms with E-state index in [2.05, 4.69) is 15.3 Å². The van der Waals surface area contributed by atoms with E-state index in [0.717, 1.165) is 5.39 Å². The predicted octanol–water partition coefficient (Wildman–Crippen LogP) is 1.67. The number of ether oxygens (including phenoxy) is 2. The number of aromatic amines is 1. The molecule has 0 unspecified atom stereocenters. The van der Waals surface area contributed by atoms with Crippen molar-refractivity contribution < 1.29 is 14.3 Å². The Kier molecular flexibility index (Phi) is 4.27. The molecule has 7 heteroatoms. The largest absolute Gasteiger partial charge is 0.486 e. The molecule has 132 valence electrons. The van der Waals surface area contributed by atoms with Crippen LogP contribution in [0, 0.1) is 0 Å². The van der Waals surface area contributed by atoms with Gasteiger partial charge in [0.1, 0.15) is 13.2 Å². The minimum atomic E-state index is -0.213. The van der Waals surface area contributed by atoms with Gasteiger partial charge < -0.3 is 19.8 Å². The highest BCUT2D eigenvalue weighted by atomic mass is 16.6. The van der Waals surface area contributed by atoms with Crippen molar-refractivity contribution in [1.29, 1.82) is 0 Å². The quantitative estimate of drug-likeness (QED) is 0.746. The lowest BCUT2D eigenvalue weighted by Gasteiger charge is -2.18. The Bertz CT molecular complexity index is 1010. The second-order valence-electron chi connectivity index (χ2n) is 5.95. The molecule has 0 aliphatic carbocycles. The maximum atomic E-state index is 12.3. The van der Waals surface area contributed by atoms with Gasteiger partial charge in [-0.15, -0.1) is 0 Å². The van der Waals surface area contributed by atoms with Crippen molar-refractivity contribution in [3.05, 3.63) is 64.2 Å². The van der Waals surface area contributed by atoms with Crippen LogP contribution in [0.4, 0.5) is 0 Å². The summed E-state index contributed by atoms with van der Waals surface area (Å²) in [5.41, 5.74) is 1.61. The first-order valence-electron chi connectivity index (χ1n) is 8.34. The number of amides is 1. The molecule has 0 bridgehead atoms. The summed E-state index contributed by atoms with van der Waals surface area (Å²) >= 11 is 0. The molecule has 3 aromatic rings. The highest BCUT2D eigenvalue weighted by molar-refractivity contribution is 5.93. The Hall–Kier alpha value is -3.35. The van der Waals surface area contributed by atoms with Crippen LogP contribution in [-0.2, 0) is 6.42 Å². The van der Waals surface area contributed by atoms with E-state index in [4.69, 9.17) is 9.47 Å². The van der Waals surface area contributed by atoms with Crippen molar-refractivity contribution in [3.63, 3.8) is 0 Å². The number of aromatic nitrogens is 2. The average Bonchev–Trinajstić information content (AvgIpc) is 2.67. The molecule has 0 saturated carbocycles. The molecule has 0 radical (unpaired) electrons. The molecule has 0 fully saturated rings. The van der Waals surface area contributed by atoms with E-state index in [-0.39, 0.29) is 11.5 Å². The highest BCUT2D eigenvalue weighted by Crippen LogP contribution is 2.33. The number of hydrogen-bond donors (Lipinski definition) is 2. The summed E-state index contributed by atoms with van der Waals surface area (Å²) in [5.74, 6) is 1.09. The number of benzene rings is 1. The summed E-state index contributed by atoms with van der Waals surface area (Å²) in [6.07, 6.45) is 3.54. The molecule has 1 aliphatic rings. The normalized spacial score (nSPS) is 12.8. The zero-order chi connectivity index (χ0) is 17.9. The first-order valence-corrected chi connectivity index (χ1v) is 8.34. The summed E-state index contributed by atoms with van der Waals surface area (Å²) in [6, 6.07) is 8.85. The number of hydrogen-bond acceptors (Lipinski definition) is 5. The molecular formula is C19H17N3O4. The van der Waals surface area contributed by atoms with E-state index in [1.54, 1.807) is 24.4 Å². The first-order chi connectivity index (χ1) is 12.7. The third-order valence-corrected chi connectivity index (χ3v) is 4.19. The van der Waals surface area contributed by atoms with Crippen molar-refractivity contribution >= 4 is 16.8 Å². The number of carbonyl (C=O) groups excluding carboxylic acids is 1. The zero-order valence-corrected chi connectivity index (χ0v) is 14.0. The van der Waals surface area contributed by atoms with Gasteiger partial charge in [0.05, 0.1) is 11.1 Å². The minimum Gasteiger partial charge on any atom is -0.486 e. The van der Waals surface area contributed by atoms with Gasteiger partial charge in [-0.1, -0.05) is 0 Å². The van der Waals surface area contributed by atoms with Crippen LogP contribution in [0.5, 0.6) is 11.5 Å². The summed E-state index contributed by atoms with van der Waals surface area (Å²) in [5, 5.41) is 3.66. The van der Waals surface area contributed by atoms with E-state index in [0.29, 0.717) is 54.3 Å². The van der Waals surface area contributed by atoms with Crippen LogP contribution < -0.4 is 20.3 Å². The van der Waals surface area contributed by atoms with Gasteiger partial charge in [-0.2, -0.15) is 0 Å². The summed E-state index contributed by atoms with van der Waals surface area (Å²) in [7, 11) is 0. The average molecular weight is 351 g/mol. The molecule has 2 aromatic heterocycles. The van der Waals surface area contributed by atoms with Crippen LogP contribution in [0.1, 0.15) is 15.9 Å². The summed E-state index contributed by atoms with van der Waals surface area (Å²) in [4.78, 5) is 31.1. The second-order valence-corrected chi connectivity index (χ2v) is 5.95. The Labute approximate surface area is 149 Å². The topological polar surface area (TPSA) is 93.3 Å². The molecule has 0 atom stereocenters. The molecule has 7 nitrogen and oxygen atoms in total. The van der Waals surface area contributed by atoms with Gasteiger partial charge in [-0.05, 0) is 30.7 Å². The summed E-state index contributed by atoms with van der Waals surface area (Å²) < 4.78 is 11.1. The molecular weight excluding hydrogens is 334 g/mol. The lowest BCUT2D eigenvalue weighted by atomic mass is 10.1. The smallest absolute Gasteiger partial charge is 0.252 e. The van der Waals surface area contributed by atoms with Crippen LogP contribution in [0.3, 0.4) is 0 Å². The van der Waals surface area contributed by atoms with Crippen molar-refractivity contribution in [2.45, 2.75) is 6.42 Å². The fourth-order valence-electron chi connectivity index (χ4n) is 2.88. The van der Waals surface area contributed by atoms with E-state index in [1.165, 1.54) is 6.20 Å². The molecule has 3 heterocycles. The van der Waals surface area contributed by atoms with Crippen molar-refractivity contribution in [2.24, 2.45) is 0 Å². The SMILES string of the molecule is O=C(NCCc1cc2cc3c(cc2[nH]c1=O)OCCO3)c1cccnc1. The van der Waals surface area contributed by atoms with Gasteiger partial charge in [-0.3, -0.25) is 14.6 Å². The molecule has 26 heavy (non-hydrogen) atoms. The molecule has 1 aliphatic heterocycles. The third kappa shape index (κ3) is 3.23. The molecule has 1 aromatic carbocycles. The van der Waals surface area contributed by atoms with Crippen molar-refractivity contribution in [2.75, 3.05) is 19.8 Å². The van der Waals surface area contributed by atoms with Gasteiger partial charge in [-0.25, -0.2) is 0 Å². The predicted molar refractivity (Wildman–Crippen MR) is 95.8 cm³/mol. The highest BCUT2D eigenvalue weighted by Gasteiger charge is 2.14. The maximum Gasteiger partial charge on any atom is 0.252 e. The van der Waals surface area contributed by atoms with Crippen LogP contribution in [0.15, 0.2) is 47.5 Å². The van der Waals surface area contributed by atoms with Gasteiger partial charge in [0.25, 0.3) is 11.5 Å². The maximum absolute atomic E-state index is 12.3. The molecule has 0 saturated heterocycles. The number of H-pyrrole nitrogens is 1. The standard InChI is InChI=1S/C19H17N3O4/c23-18(13-2-1-4-20-11-13)21-5-3-12-8-14-9-16-17(26-7-6-25-16)10-15(14)22-19(12)24/h1-2,4,8-11H,3,5-7H2,(H,21,23)(H,22,24). The van der Waals surface area contributed by atoms with Crippen LogP contribution in [0.25, 0.3) is 10.9 Å². The molecule has 2 N–H and O–H groups in total. The number of nitrogens with one attached hydrogen (secondary N) is 2. The zero-order valence-electron chi connectivity index (χ0n) is 14.0.